The fourth-order valence-electron chi connectivity index (χ4n) is 2.03. The minimum absolute atomic E-state index is 0.0985. The molecule has 0 bridgehead atoms. The zero-order valence-corrected chi connectivity index (χ0v) is 9.01. The highest BCUT2D eigenvalue weighted by atomic mass is 16.3. The van der Waals surface area contributed by atoms with Gasteiger partial charge in [0.15, 0.2) is 0 Å². The van der Waals surface area contributed by atoms with Crippen molar-refractivity contribution in [3.63, 3.8) is 0 Å². The molecular formula is C12H16N2O. The highest BCUT2D eigenvalue weighted by Gasteiger charge is 2.33. The predicted molar refractivity (Wildman–Crippen MR) is 61.6 cm³/mol. The zero-order valence-electron chi connectivity index (χ0n) is 9.01. The third-order valence-electron chi connectivity index (χ3n) is 2.86. The summed E-state index contributed by atoms with van der Waals surface area (Å²) in [5, 5.41) is 9.96. The molecule has 0 fully saturated rings. The van der Waals surface area contributed by atoms with Crippen molar-refractivity contribution < 1.29 is 5.11 Å². The van der Waals surface area contributed by atoms with Gasteiger partial charge in [-0.1, -0.05) is 12.2 Å². The second-order valence-electron chi connectivity index (χ2n) is 4.49. The lowest BCUT2D eigenvalue weighted by molar-refractivity contribution is 0.110. The third kappa shape index (κ3) is 1.80. The van der Waals surface area contributed by atoms with Crippen LogP contribution < -0.4 is 5.73 Å². The van der Waals surface area contributed by atoms with Crippen LogP contribution >= 0.6 is 0 Å². The van der Waals surface area contributed by atoms with Gasteiger partial charge in [-0.15, -0.1) is 0 Å². The van der Waals surface area contributed by atoms with Crippen molar-refractivity contribution in [2.45, 2.75) is 25.5 Å². The van der Waals surface area contributed by atoms with E-state index in [-0.39, 0.29) is 12.0 Å². The van der Waals surface area contributed by atoms with Crippen LogP contribution in [-0.4, -0.2) is 23.0 Å². The van der Waals surface area contributed by atoms with Crippen LogP contribution in [0.4, 0.5) is 0 Å². The van der Waals surface area contributed by atoms with Gasteiger partial charge >= 0.3 is 0 Å². The summed E-state index contributed by atoms with van der Waals surface area (Å²) in [6, 6.07) is -0.182. The van der Waals surface area contributed by atoms with Crippen molar-refractivity contribution in [1.29, 1.82) is 0 Å². The molecule has 1 aliphatic heterocycles. The summed E-state index contributed by atoms with van der Waals surface area (Å²) in [5.74, 6) is 0.0985. The molecule has 3 N–H and O–H groups in total. The molecule has 0 amide bonds. The smallest absolute Gasteiger partial charge is 0.0819 e. The van der Waals surface area contributed by atoms with Crippen LogP contribution in [0.5, 0.6) is 0 Å². The molecule has 3 nitrogen and oxygen atoms in total. The molecule has 2 rings (SSSR count). The fourth-order valence-corrected chi connectivity index (χ4v) is 2.03. The molecule has 0 aromatic rings. The molecule has 1 aliphatic carbocycles. The summed E-state index contributed by atoms with van der Waals surface area (Å²) < 4.78 is 0. The first-order valence-corrected chi connectivity index (χ1v) is 5.11. The van der Waals surface area contributed by atoms with E-state index in [1.165, 1.54) is 0 Å². The molecule has 0 aromatic heterocycles. The molecule has 1 heterocycles. The summed E-state index contributed by atoms with van der Waals surface area (Å²) in [6.07, 6.45) is 9.50. The number of aliphatic imine (C=N–C) groups is 1. The monoisotopic (exact) mass is 204 g/mol. The Hall–Kier alpha value is -1.19. The second-order valence-corrected chi connectivity index (χ2v) is 4.49. The summed E-state index contributed by atoms with van der Waals surface area (Å²) in [7, 11) is 0. The number of dihydropyridines is 1. The Morgan fingerprint density at radius 1 is 1.40 bits per heavy atom. The highest BCUT2D eigenvalue weighted by Crippen LogP contribution is 2.32. The van der Waals surface area contributed by atoms with Crippen molar-refractivity contribution >= 4 is 6.21 Å². The van der Waals surface area contributed by atoms with E-state index >= 15 is 0 Å². The number of allylic oxidation sites excluding steroid dienone is 3. The maximum Gasteiger partial charge on any atom is 0.0819 e. The molecule has 2 aliphatic rings. The Bertz CT molecular complexity index is 383. The van der Waals surface area contributed by atoms with Gasteiger partial charge in [-0.3, -0.25) is 4.99 Å². The lowest BCUT2D eigenvalue weighted by Crippen LogP contribution is -2.42. The number of aliphatic hydroxyl groups is 1. The molecule has 80 valence electrons. The zero-order chi connectivity index (χ0) is 11.1. The van der Waals surface area contributed by atoms with Gasteiger partial charge in [-0.05, 0) is 31.6 Å². The quantitative estimate of drug-likeness (QED) is 0.673. The van der Waals surface area contributed by atoms with Crippen molar-refractivity contribution in [2.75, 3.05) is 0 Å². The molecule has 0 saturated heterocycles. The van der Waals surface area contributed by atoms with E-state index in [0.717, 1.165) is 11.3 Å². The van der Waals surface area contributed by atoms with Crippen LogP contribution in [0.2, 0.25) is 0 Å². The van der Waals surface area contributed by atoms with Gasteiger partial charge in [-0.2, -0.15) is 0 Å². The Labute approximate surface area is 89.7 Å². The first-order valence-electron chi connectivity index (χ1n) is 5.11. The molecule has 2 unspecified atom stereocenters. The van der Waals surface area contributed by atoms with E-state index < -0.39 is 5.60 Å². The molecule has 15 heavy (non-hydrogen) atoms. The van der Waals surface area contributed by atoms with Gasteiger partial charge in [-0.25, -0.2) is 0 Å². The van der Waals surface area contributed by atoms with Gasteiger partial charge in [0.25, 0.3) is 0 Å². The molecule has 0 radical (unpaired) electrons. The molecular weight excluding hydrogens is 188 g/mol. The van der Waals surface area contributed by atoms with Crippen LogP contribution in [0.3, 0.4) is 0 Å². The van der Waals surface area contributed by atoms with E-state index in [2.05, 4.69) is 4.99 Å². The Morgan fingerprint density at radius 3 is 2.80 bits per heavy atom. The Kier molecular flexibility index (Phi) is 2.37. The first-order chi connectivity index (χ1) is 7.00. The van der Waals surface area contributed by atoms with Crippen LogP contribution in [-0.2, 0) is 0 Å². The van der Waals surface area contributed by atoms with E-state index in [4.69, 9.17) is 5.73 Å². The minimum atomic E-state index is -0.865. The van der Waals surface area contributed by atoms with Gasteiger partial charge in [0.05, 0.1) is 5.60 Å². The molecule has 3 heteroatoms. The minimum Gasteiger partial charge on any atom is -0.386 e. The Balaban J connectivity index is 2.38. The standard InChI is InChI=1S/C12H16N2O/c1-12(2,15)9-5-6-10-8(11(9)13)4-3-7-14-10/h3-8,11,15H,13H2,1-2H3. The summed E-state index contributed by atoms with van der Waals surface area (Å²) in [5.41, 5.74) is 7.09. The molecule has 2 atom stereocenters. The van der Waals surface area contributed by atoms with Crippen molar-refractivity contribution in [1.82, 2.24) is 0 Å². The van der Waals surface area contributed by atoms with E-state index in [0.29, 0.717) is 0 Å². The van der Waals surface area contributed by atoms with Crippen LogP contribution in [0.15, 0.2) is 40.6 Å². The highest BCUT2D eigenvalue weighted by molar-refractivity contribution is 5.74. The average Bonchev–Trinajstić information content (AvgIpc) is 2.16. The summed E-state index contributed by atoms with van der Waals surface area (Å²) >= 11 is 0. The number of hydrogen-bond donors (Lipinski definition) is 2. The molecule has 0 aromatic carbocycles. The van der Waals surface area contributed by atoms with Crippen molar-refractivity contribution in [3.8, 4) is 0 Å². The summed E-state index contributed by atoms with van der Waals surface area (Å²) in [4.78, 5) is 4.26. The van der Waals surface area contributed by atoms with Gasteiger partial charge in [0.2, 0.25) is 0 Å². The summed E-state index contributed by atoms with van der Waals surface area (Å²) in [6.45, 7) is 3.51. The van der Waals surface area contributed by atoms with E-state index in [1.54, 1.807) is 20.1 Å². The lowest BCUT2D eigenvalue weighted by Gasteiger charge is -2.34. The SMILES string of the molecule is CC(C)(O)C1=CC=C2N=CC=CC2C1N. The second kappa shape index (κ2) is 3.43. The van der Waals surface area contributed by atoms with E-state index in [1.807, 2.05) is 24.3 Å². The number of hydrogen-bond acceptors (Lipinski definition) is 3. The largest absolute Gasteiger partial charge is 0.386 e. The normalized spacial score (nSPS) is 29.6. The number of rotatable bonds is 1. The fraction of sp³-hybridized carbons (Fsp3) is 0.417. The maximum absolute atomic E-state index is 9.96. The molecule has 0 spiro atoms. The first kappa shape index (κ1) is 10.3. The van der Waals surface area contributed by atoms with Crippen molar-refractivity contribution in [2.24, 2.45) is 16.6 Å². The van der Waals surface area contributed by atoms with Crippen LogP contribution in [0.25, 0.3) is 0 Å². The molecule has 0 saturated carbocycles. The van der Waals surface area contributed by atoms with Crippen LogP contribution in [0.1, 0.15) is 13.8 Å². The number of fused-ring (bicyclic) bond motifs is 1. The van der Waals surface area contributed by atoms with Gasteiger partial charge in [0, 0.05) is 23.9 Å². The van der Waals surface area contributed by atoms with Gasteiger partial charge in [0.1, 0.15) is 0 Å². The Morgan fingerprint density at radius 2 is 2.13 bits per heavy atom. The topological polar surface area (TPSA) is 58.6 Å². The lowest BCUT2D eigenvalue weighted by atomic mass is 9.79. The third-order valence-corrected chi connectivity index (χ3v) is 2.86. The van der Waals surface area contributed by atoms with Gasteiger partial charge < -0.3 is 10.8 Å². The maximum atomic E-state index is 9.96. The average molecular weight is 204 g/mol. The van der Waals surface area contributed by atoms with E-state index in [9.17, 15) is 5.11 Å². The van der Waals surface area contributed by atoms with Crippen molar-refractivity contribution in [3.05, 3.63) is 35.6 Å². The number of nitrogens with two attached hydrogens (primary N) is 1. The number of nitrogens with zero attached hydrogens (tertiary/aromatic N) is 1. The predicted octanol–water partition coefficient (Wildman–Crippen LogP) is 1.17. The van der Waals surface area contributed by atoms with Crippen LogP contribution in [0, 0.1) is 5.92 Å².